The van der Waals surface area contributed by atoms with Gasteiger partial charge in [-0.25, -0.2) is 8.42 Å². The van der Waals surface area contributed by atoms with Gasteiger partial charge in [-0.15, -0.1) is 0 Å². The molecule has 11 nitrogen and oxygen atoms in total. The van der Waals surface area contributed by atoms with E-state index in [2.05, 4.69) is 5.32 Å². The third-order valence-electron chi connectivity index (χ3n) is 9.21. The predicted octanol–water partition coefficient (Wildman–Crippen LogP) is 6.92. The summed E-state index contributed by atoms with van der Waals surface area (Å²) in [7, 11) is 1.13. The van der Waals surface area contributed by atoms with Crippen molar-refractivity contribution in [2.24, 2.45) is 0 Å². The second kappa shape index (κ2) is 17.9. The number of carbonyl (C=O) groups excluding carboxylic acids is 2. The Bertz CT molecular complexity index is 2010. The fraction of sp³-hybridized carbons (Fsp3) is 0.333. The normalized spacial score (nSPS) is 13.5. The highest BCUT2D eigenvalue weighted by atomic mass is 35.5. The fourth-order valence-electron chi connectivity index (χ4n) is 6.36. The van der Waals surface area contributed by atoms with Gasteiger partial charge >= 0.3 is 0 Å². The van der Waals surface area contributed by atoms with Crippen molar-refractivity contribution >= 4 is 50.7 Å². The van der Waals surface area contributed by atoms with Crippen molar-refractivity contribution in [3.63, 3.8) is 0 Å². The van der Waals surface area contributed by atoms with Crippen LogP contribution in [0.4, 0.5) is 5.69 Å². The Hall–Kier alpha value is -4.65. The molecule has 1 aliphatic rings. The van der Waals surface area contributed by atoms with Crippen molar-refractivity contribution in [2.45, 2.75) is 55.6 Å². The van der Waals surface area contributed by atoms with Gasteiger partial charge in [0.1, 0.15) is 24.1 Å². The number of rotatable bonds is 16. The molecule has 4 aromatic carbocycles. The molecule has 2 amide bonds. The second-order valence-corrected chi connectivity index (χ2v) is 15.2. The number of hydrogen-bond donors (Lipinski definition) is 1. The van der Waals surface area contributed by atoms with Gasteiger partial charge in [0, 0.05) is 41.2 Å². The molecule has 1 N–H and O–H groups in total. The van der Waals surface area contributed by atoms with Crippen molar-refractivity contribution in [3.05, 3.63) is 106 Å². The Morgan fingerprint density at radius 3 is 2.13 bits per heavy atom. The molecule has 1 fully saturated rings. The Morgan fingerprint density at radius 1 is 0.811 bits per heavy atom. The average molecular weight is 785 g/mol. The maximum atomic E-state index is 15.0. The van der Waals surface area contributed by atoms with Crippen molar-refractivity contribution in [3.8, 4) is 23.0 Å². The van der Waals surface area contributed by atoms with Crippen molar-refractivity contribution in [1.29, 1.82) is 0 Å². The van der Waals surface area contributed by atoms with E-state index >= 15 is 0 Å². The van der Waals surface area contributed by atoms with Crippen LogP contribution in [0.2, 0.25) is 10.0 Å². The number of nitrogens with zero attached hydrogens (tertiary/aromatic N) is 2. The first-order chi connectivity index (χ1) is 25.5. The van der Waals surface area contributed by atoms with Crippen LogP contribution in [0.1, 0.15) is 36.8 Å². The van der Waals surface area contributed by atoms with E-state index in [1.54, 1.807) is 30.3 Å². The molecule has 0 heterocycles. The Morgan fingerprint density at radius 2 is 1.49 bits per heavy atom. The van der Waals surface area contributed by atoms with Gasteiger partial charge in [-0.05, 0) is 60.4 Å². The molecule has 5 rings (SSSR count). The van der Waals surface area contributed by atoms with Crippen molar-refractivity contribution < 1.29 is 37.0 Å². The molecule has 0 aliphatic heterocycles. The van der Waals surface area contributed by atoms with Gasteiger partial charge < -0.3 is 29.2 Å². The molecule has 4 aromatic rings. The fourth-order valence-corrected chi connectivity index (χ4v) is 8.26. The van der Waals surface area contributed by atoms with Gasteiger partial charge in [0.25, 0.3) is 10.0 Å². The van der Waals surface area contributed by atoms with E-state index in [1.807, 2.05) is 30.3 Å². The van der Waals surface area contributed by atoms with Gasteiger partial charge in [0.15, 0.2) is 11.5 Å². The van der Waals surface area contributed by atoms with Crippen LogP contribution < -0.4 is 28.6 Å². The molecule has 0 spiro atoms. The summed E-state index contributed by atoms with van der Waals surface area (Å²) in [6.07, 6.45) is 3.79. The lowest BCUT2D eigenvalue weighted by atomic mass is 10.0. The summed E-state index contributed by atoms with van der Waals surface area (Å²) >= 11 is 12.9. The van der Waals surface area contributed by atoms with E-state index in [0.29, 0.717) is 22.1 Å². The highest BCUT2D eigenvalue weighted by Crippen LogP contribution is 2.38. The van der Waals surface area contributed by atoms with Crippen LogP contribution in [0.15, 0.2) is 89.8 Å². The standard InChI is InChI=1S/C39H43Cl2N3O8S/c1-49-30-16-18-35(50-2)33(22-30)44(53(47,48)31-17-19-36(51-3)37(23-31)52-4)25-38(45)43(24-27-14-15-28(40)21-32(27)41)34(20-26-10-6-5-7-11-26)39(46)42-29-12-8-9-13-29/h5-7,10-11,14-19,21-23,29,34H,8-9,12-13,20,24-25H2,1-4H3,(H,42,46). The summed E-state index contributed by atoms with van der Waals surface area (Å²) in [6, 6.07) is 21.9. The molecule has 14 heteroatoms. The smallest absolute Gasteiger partial charge is 0.265 e. The number of carbonyl (C=O) groups is 2. The second-order valence-electron chi connectivity index (χ2n) is 12.5. The Balaban J connectivity index is 1.66. The highest BCUT2D eigenvalue weighted by molar-refractivity contribution is 7.92. The van der Waals surface area contributed by atoms with Crippen LogP contribution in [0.3, 0.4) is 0 Å². The largest absolute Gasteiger partial charge is 0.497 e. The molecular formula is C39H43Cl2N3O8S. The number of halogens is 2. The molecule has 0 bridgehead atoms. The molecule has 0 saturated heterocycles. The molecular weight excluding hydrogens is 741 g/mol. The molecule has 0 aromatic heterocycles. The number of methoxy groups -OCH3 is 4. The zero-order valence-electron chi connectivity index (χ0n) is 30.0. The summed E-state index contributed by atoms with van der Waals surface area (Å²) in [6.45, 7) is -0.850. The lowest BCUT2D eigenvalue weighted by Crippen LogP contribution is -2.54. The maximum absolute atomic E-state index is 15.0. The third-order valence-corrected chi connectivity index (χ3v) is 11.5. The van der Waals surface area contributed by atoms with E-state index in [0.717, 1.165) is 35.6 Å². The zero-order chi connectivity index (χ0) is 38.1. The maximum Gasteiger partial charge on any atom is 0.265 e. The summed E-state index contributed by atoms with van der Waals surface area (Å²) in [5.74, 6) is -0.0582. The number of ether oxygens (including phenoxy) is 4. The van der Waals surface area contributed by atoms with E-state index in [9.17, 15) is 18.0 Å². The van der Waals surface area contributed by atoms with Crippen molar-refractivity contribution in [1.82, 2.24) is 10.2 Å². The Labute approximate surface area is 320 Å². The molecule has 282 valence electrons. The summed E-state index contributed by atoms with van der Waals surface area (Å²) in [4.78, 5) is 30.5. The lowest BCUT2D eigenvalue weighted by molar-refractivity contribution is -0.140. The van der Waals surface area contributed by atoms with Gasteiger partial charge in [0.05, 0.1) is 39.0 Å². The average Bonchev–Trinajstić information content (AvgIpc) is 3.68. The number of anilines is 1. The first-order valence-corrected chi connectivity index (χ1v) is 19.2. The zero-order valence-corrected chi connectivity index (χ0v) is 32.3. The summed E-state index contributed by atoms with van der Waals surface area (Å²) < 4.78 is 52.3. The molecule has 0 radical (unpaired) electrons. The van der Waals surface area contributed by atoms with Crippen LogP contribution >= 0.6 is 23.2 Å². The van der Waals surface area contributed by atoms with Gasteiger partial charge in [0.2, 0.25) is 11.8 Å². The van der Waals surface area contributed by atoms with Gasteiger partial charge in [-0.1, -0.05) is 72.4 Å². The minimum Gasteiger partial charge on any atom is -0.497 e. The van der Waals surface area contributed by atoms with Gasteiger partial charge in [-0.3, -0.25) is 13.9 Å². The van der Waals surface area contributed by atoms with E-state index in [-0.39, 0.29) is 52.0 Å². The molecule has 53 heavy (non-hydrogen) atoms. The number of amides is 2. The number of hydrogen-bond acceptors (Lipinski definition) is 8. The van der Waals surface area contributed by atoms with E-state index in [1.165, 1.54) is 57.6 Å². The molecule has 1 aliphatic carbocycles. The molecule has 1 atom stereocenters. The van der Waals surface area contributed by atoms with Crippen molar-refractivity contribution in [2.75, 3.05) is 39.3 Å². The Kier molecular flexibility index (Phi) is 13.4. The SMILES string of the molecule is COc1ccc(OC)c(N(CC(=O)N(Cc2ccc(Cl)cc2Cl)C(Cc2ccccc2)C(=O)NC2CCCC2)S(=O)(=O)c2ccc(OC)c(OC)c2)c1. The summed E-state index contributed by atoms with van der Waals surface area (Å²) in [5, 5.41) is 3.84. The predicted molar refractivity (Wildman–Crippen MR) is 205 cm³/mol. The number of nitrogens with one attached hydrogen (secondary N) is 1. The van der Waals surface area contributed by atoms with E-state index in [4.69, 9.17) is 42.1 Å². The van der Waals surface area contributed by atoms with Crippen LogP contribution in [0, 0.1) is 0 Å². The topological polar surface area (TPSA) is 124 Å². The quantitative estimate of drug-likeness (QED) is 0.130. The van der Waals surface area contributed by atoms with Crippen LogP contribution in [0.5, 0.6) is 23.0 Å². The van der Waals surface area contributed by atoms with E-state index < -0.39 is 28.5 Å². The van der Waals surface area contributed by atoms with Crippen LogP contribution in [-0.4, -0.2) is 72.2 Å². The van der Waals surface area contributed by atoms with Gasteiger partial charge in [-0.2, -0.15) is 0 Å². The minimum atomic E-state index is -4.54. The number of sulfonamides is 1. The van der Waals surface area contributed by atoms with Crippen LogP contribution in [-0.2, 0) is 32.6 Å². The van der Waals surface area contributed by atoms with Crippen LogP contribution in [0.25, 0.3) is 0 Å². The summed E-state index contributed by atoms with van der Waals surface area (Å²) in [5.41, 5.74) is 1.36. The third kappa shape index (κ3) is 9.48. The highest BCUT2D eigenvalue weighted by Gasteiger charge is 2.37. The molecule has 1 saturated carbocycles. The number of benzene rings is 4. The minimum absolute atomic E-state index is 0.0366. The first kappa shape index (κ1) is 39.6. The monoisotopic (exact) mass is 783 g/mol. The first-order valence-electron chi connectivity index (χ1n) is 17.0. The lowest BCUT2D eigenvalue weighted by Gasteiger charge is -2.35. The molecule has 1 unspecified atom stereocenters.